The van der Waals surface area contributed by atoms with Crippen LogP contribution < -0.4 is 5.32 Å². The molecule has 2 N–H and O–H groups in total. The van der Waals surface area contributed by atoms with Crippen molar-refractivity contribution < 1.29 is 23.9 Å². The fraction of sp³-hybridized carbons (Fsp3) is 0.350. The Bertz CT molecular complexity index is 883. The first-order valence-corrected chi connectivity index (χ1v) is 8.65. The molecule has 2 rings (SSSR count). The number of aryl methyl sites for hydroxylation is 2. The summed E-state index contributed by atoms with van der Waals surface area (Å²) in [5.41, 5.74) is 4.04. The van der Waals surface area contributed by atoms with Crippen LogP contribution in [0.25, 0.3) is 0 Å². The first-order valence-electron chi connectivity index (χ1n) is 8.65. The van der Waals surface area contributed by atoms with Crippen LogP contribution in [0.5, 0.6) is 0 Å². The van der Waals surface area contributed by atoms with Crippen LogP contribution in [0, 0.1) is 27.7 Å². The van der Waals surface area contributed by atoms with Crippen LogP contribution in [0.3, 0.4) is 0 Å². The summed E-state index contributed by atoms with van der Waals surface area (Å²) in [6, 6.07) is 5.57. The maximum atomic E-state index is 12.4. The molecule has 0 aliphatic carbocycles. The zero-order valence-electron chi connectivity index (χ0n) is 16.2. The van der Waals surface area contributed by atoms with Crippen molar-refractivity contribution in [2.24, 2.45) is 0 Å². The van der Waals surface area contributed by atoms with E-state index in [0.29, 0.717) is 16.9 Å². The number of H-pyrrole nitrogens is 1. The Hall–Kier alpha value is -3.09. The molecule has 1 amide bonds. The number of esters is 2. The monoisotopic (exact) mass is 372 g/mol. The molecule has 7 heteroatoms. The van der Waals surface area contributed by atoms with E-state index in [0.717, 1.165) is 11.1 Å². The second kappa shape index (κ2) is 8.53. The first-order chi connectivity index (χ1) is 12.8. The number of carbonyl (C=O) groups is 3. The van der Waals surface area contributed by atoms with Crippen molar-refractivity contribution >= 4 is 23.5 Å². The molecule has 0 bridgehead atoms. The largest absolute Gasteiger partial charge is 0.461 e. The average molecular weight is 372 g/mol. The highest BCUT2D eigenvalue weighted by Crippen LogP contribution is 2.20. The highest BCUT2D eigenvalue weighted by Gasteiger charge is 2.24. The predicted molar refractivity (Wildman–Crippen MR) is 101 cm³/mol. The number of hydrogen-bond acceptors (Lipinski definition) is 5. The lowest BCUT2D eigenvalue weighted by Crippen LogP contribution is -2.22. The highest BCUT2D eigenvalue weighted by molar-refractivity contribution is 6.00. The Balaban J connectivity index is 2.04. The summed E-state index contributed by atoms with van der Waals surface area (Å²) in [5, 5.41) is 2.73. The van der Waals surface area contributed by atoms with Crippen molar-refractivity contribution in [3.05, 3.63) is 51.8 Å². The molecule has 0 aliphatic rings. The third-order valence-corrected chi connectivity index (χ3v) is 4.33. The third-order valence-electron chi connectivity index (χ3n) is 4.33. The second-order valence-corrected chi connectivity index (χ2v) is 6.22. The van der Waals surface area contributed by atoms with Gasteiger partial charge < -0.3 is 19.8 Å². The minimum atomic E-state index is -0.673. The molecule has 1 heterocycles. The van der Waals surface area contributed by atoms with Gasteiger partial charge >= 0.3 is 11.9 Å². The summed E-state index contributed by atoms with van der Waals surface area (Å²) in [6.07, 6.45) is 0. The molecule has 144 valence electrons. The average Bonchev–Trinajstić information content (AvgIpc) is 2.92. The Morgan fingerprint density at radius 1 is 1.00 bits per heavy atom. The maximum absolute atomic E-state index is 12.4. The lowest BCUT2D eigenvalue weighted by atomic mass is 10.1. The maximum Gasteiger partial charge on any atom is 0.355 e. The van der Waals surface area contributed by atoms with Gasteiger partial charge in [0.2, 0.25) is 0 Å². The molecule has 0 atom stereocenters. The van der Waals surface area contributed by atoms with Crippen LogP contribution in [0.2, 0.25) is 0 Å². The van der Waals surface area contributed by atoms with E-state index in [1.807, 2.05) is 26.0 Å². The van der Waals surface area contributed by atoms with Crippen LogP contribution in [0.4, 0.5) is 5.69 Å². The molecule has 0 radical (unpaired) electrons. The molecule has 0 saturated carbocycles. The Kier molecular flexibility index (Phi) is 6.39. The molecule has 0 spiro atoms. The van der Waals surface area contributed by atoms with Crippen molar-refractivity contribution in [3.8, 4) is 0 Å². The molecule has 2 aromatic rings. The number of amides is 1. The van der Waals surface area contributed by atoms with Gasteiger partial charge in [-0.1, -0.05) is 12.1 Å². The predicted octanol–water partition coefficient (Wildman–Crippen LogP) is 3.22. The fourth-order valence-corrected chi connectivity index (χ4v) is 2.74. The molecule has 0 fully saturated rings. The van der Waals surface area contributed by atoms with E-state index >= 15 is 0 Å². The van der Waals surface area contributed by atoms with Gasteiger partial charge in [-0.2, -0.15) is 0 Å². The SMILES string of the molecule is CCOC(=O)c1[nH]c(C)c(C(=O)OCC(=O)Nc2cccc(C)c2C)c1C. The van der Waals surface area contributed by atoms with E-state index in [9.17, 15) is 14.4 Å². The number of carbonyl (C=O) groups excluding carboxylic acids is 3. The van der Waals surface area contributed by atoms with Gasteiger partial charge in [0.15, 0.2) is 6.61 Å². The topological polar surface area (TPSA) is 97.5 Å². The van der Waals surface area contributed by atoms with Crippen molar-refractivity contribution in [1.82, 2.24) is 4.98 Å². The van der Waals surface area contributed by atoms with Crippen LogP contribution in [0.1, 0.15) is 50.2 Å². The van der Waals surface area contributed by atoms with E-state index in [2.05, 4.69) is 10.3 Å². The van der Waals surface area contributed by atoms with Gasteiger partial charge in [-0.05, 0) is 57.4 Å². The van der Waals surface area contributed by atoms with E-state index in [1.54, 1.807) is 26.8 Å². The molecule has 0 unspecified atom stereocenters. The number of nitrogens with one attached hydrogen (secondary N) is 2. The van der Waals surface area contributed by atoms with Gasteiger partial charge in [0.1, 0.15) is 5.69 Å². The standard InChI is InChI=1S/C20H24N2O5/c1-6-26-20(25)18-13(4)17(14(5)21-18)19(24)27-10-16(23)22-15-9-7-8-11(2)12(15)3/h7-9,21H,6,10H2,1-5H3,(H,22,23). The molecule has 1 aromatic heterocycles. The third kappa shape index (κ3) is 4.55. The van der Waals surface area contributed by atoms with Crippen LogP contribution in [-0.2, 0) is 14.3 Å². The van der Waals surface area contributed by atoms with E-state index in [1.165, 1.54) is 0 Å². The summed E-state index contributed by atoms with van der Waals surface area (Å²) in [4.78, 5) is 39.3. The van der Waals surface area contributed by atoms with E-state index < -0.39 is 24.5 Å². The van der Waals surface area contributed by atoms with Crippen LogP contribution >= 0.6 is 0 Å². The van der Waals surface area contributed by atoms with E-state index in [4.69, 9.17) is 9.47 Å². The lowest BCUT2D eigenvalue weighted by Gasteiger charge is -2.11. The zero-order chi connectivity index (χ0) is 20.1. The lowest BCUT2D eigenvalue weighted by molar-refractivity contribution is -0.119. The quantitative estimate of drug-likeness (QED) is 0.759. The summed E-state index contributed by atoms with van der Waals surface area (Å²) < 4.78 is 10.1. The summed E-state index contributed by atoms with van der Waals surface area (Å²) in [6.45, 7) is 8.64. The Morgan fingerprint density at radius 2 is 1.70 bits per heavy atom. The number of rotatable bonds is 6. The smallest absolute Gasteiger partial charge is 0.355 e. The molecular weight excluding hydrogens is 348 g/mol. The molecule has 0 aliphatic heterocycles. The molecule has 7 nitrogen and oxygen atoms in total. The molecule has 27 heavy (non-hydrogen) atoms. The van der Waals surface area contributed by atoms with Crippen molar-refractivity contribution in [2.75, 3.05) is 18.5 Å². The molecular formula is C20H24N2O5. The molecule has 0 saturated heterocycles. The van der Waals surface area contributed by atoms with Gasteiger partial charge in [-0.25, -0.2) is 9.59 Å². The van der Waals surface area contributed by atoms with E-state index in [-0.39, 0.29) is 17.9 Å². The number of aromatic nitrogens is 1. The number of anilines is 1. The number of benzene rings is 1. The normalized spacial score (nSPS) is 10.4. The molecule has 1 aromatic carbocycles. The Labute approximate surface area is 158 Å². The van der Waals surface area contributed by atoms with Crippen LogP contribution in [0.15, 0.2) is 18.2 Å². The van der Waals surface area contributed by atoms with Gasteiger partial charge in [0, 0.05) is 11.4 Å². The van der Waals surface area contributed by atoms with Crippen molar-refractivity contribution in [2.45, 2.75) is 34.6 Å². The van der Waals surface area contributed by atoms with Gasteiger partial charge in [0.25, 0.3) is 5.91 Å². The van der Waals surface area contributed by atoms with Crippen LogP contribution in [-0.4, -0.2) is 36.0 Å². The second-order valence-electron chi connectivity index (χ2n) is 6.22. The number of hydrogen-bond donors (Lipinski definition) is 2. The van der Waals surface area contributed by atoms with Crippen molar-refractivity contribution in [1.29, 1.82) is 0 Å². The van der Waals surface area contributed by atoms with Gasteiger partial charge in [-0.15, -0.1) is 0 Å². The zero-order valence-corrected chi connectivity index (χ0v) is 16.2. The van der Waals surface area contributed by atoms with Gasteiger partial charge in [0.05, 0.1) is 12.2 Å². The number of aromatic amines is 1. The van der Waals surface area contributed by atoms with Crippen molar-refractivity contribution in [3.63, 3.8) is 0 Å². The summed E-state index contributed by atoms with van der Waals surface area (Å²) in [7, 11) is 0. The summed E-state index contributed by atoms with van der Waals surface area (Å²) >= 11 is 0. The Morgan fingerprint density at radius 3 is 2.37 bits per heavy atom. The fourth-order valence-electron chi connectivity index (χ4n) is 2.74. The minimum absolute atomic E-state index is 0.209. The minimum Gasteiger partial charge on any atom is -0.461 e. The first kappa shape index (κ1) is 20.2. The summed E-state index contributed by atoms with van der Waals surface area (Å²) in [5.74, 6) is -1.65. The highest BCUT2D eigenvalue weighted by atomic mass is 16.5. The number of ether oxygens (including phenoxy) is 2. The van der Waals surface area contributed by atoms with Gasteiger partial charge in [-0.3, -0.25) is 4.79 Å².